The van der Waals surface area contributed by atoms with E-state index in [1.807, 2.05) is 31.2 Å². The van der Waals surface area contributed by atoms with Gasteiger partial charge in [-0.2, -0.15) is 0 Å². The molecule has 1 unspecified atom stereocenters. The maximum Gasteiger partial charge on any atom is 0.335 e. The zero-order valence-corrected chi connectivity index (χ0v) is 24.8. The fourth-order valence-corrected chi connectivity index (χ4v) is 6.81. The van der Waals surface area contributed by atoms with Crippen molar-refractivity contribution in [2.45, 2.75) is 88.6 Å². The third kappa shape index (κ3) is 6.56. The van der Waals surface area contributed by atoms with Gasteiger partial charge in [-0.1, -0.05) is 44.7 Å². The van der Waals surface area contributed by atoms with Crippen molar-refractivity contribution in [3.8, 4) is 11.5 Å². The number of carbonyl (C=O) groups excluding carboxylic acids is 2. The molecule has 3 fully saturated rings. The molecule has 0 radical (unpaired) electrons. The lowest BCUT2D eigenvalue weighted by Crippen LogP contribution is -2.77. The van der Waals surface area contributed by atoms with Crippen molar-refractivity contribution in [3.63, 3.8) is 0 Å². The second kappa shape index (κ2) is 13.0. The molecule has 1 spiro atoms. The van der Waals surface area contributed by atoms with Gasteiger partial charge in [-0.05, 0) is 74.1 Å². The maximum atomic E-state index is 13.9. The summed E-state index contributed by atoms with van der Waals surface area (Å²) in [5.74, 6) is -3.17. The Bertz CT molecular complexity index is 1280. The first-order valence-electron chi connectivity index (χ1n) is 15.5. The highest BCUT2D eigenvalue weighted by Crippen LogP contribution is 2.39. The average molecular weight is 594 g/mol. The van der Waals surface area contributed by atoms with Gasteiger partial charge in [-0.3, -0.25) is 14.5 Å². The molecular weight excluding hydrogens is 550 g/mol. The van der Waals surface area contributed by atoms with E-state index in [2.05, 4.69) is 10.2 Å². The van der Waals surface area contributed by atoms with E-state index in [0.717, 1.165) is 37.7 Å². The zero-order valence-electron chi connectivity index (χ0n) is 24.8. The van der Waals surface area contributed by atoms with Crippen molar-refractivity contribution in [2.24, 2.45) is 5.92 Å². The minimum atomic E-state index is -2.27. The minimum Gasteiger partial charge on any atom is -0.478 e. The number of hydrogen-bond acceptors (Lipinski definition) is 7. The van der Waals surface area contributed by atoms with Gasteiger partial charge in [0.2, 0.25) is 5.91 Å². The number of carbonyl (C=O) groups is 3. The minimum absolute atomic E-state index is 0.198. The van der Waals surface area contributed by atoms with Gasteiger partial charge in [0.05, 0.1) is 5.56 Å². The first-order chi connectivity index (χ1) is 20.6. The second-order valence-electron chi connectivity index (χ2n) is 12.3. The van der Waals surface area contributed by atoms with Crippen molar-refractivity contribution in [1.82, 2.24) is 15.1 Å². The molecule has 5 rings (SSSR count). The van der Waals surface area contributed by atoms with E-state index in [9.17, 15) is 24.6 Å². The highest BCUT2D eigenvalue weighted by molar-refractivity contribution is 6.00. The standard InChI is InChI=1S/C33H43N3O7/c1-2-3-19-36-29(37)28(33(41,42)25-7-5-4-6-8-25)34-31(40)32(36)17-20-35(21-18-32)22-23-9-13-26(14-10-23)43-27-15-11-24(12-16-27)30(38)39/h9-16,25,28,41-42H,2-8,17-22H2,1H3,(H,34,40)(H,38,39). The van der Waals surface area contributed by atoms with E-state index >= 15 is 0 Å². The Morgan fingerprint density at radius 3 is 2.16 bits per heavy atom. The first kappa shape index (κ1) is 31.0. The number of likely N-dealkylation sites (tertiary alicyclic amines) is 1. The van der Waals surface area contributed by atoms with Crippen LogP contribution in [0.25, 0.3) is 0 Å². The van der Waals surface area contributed by atoms with Crippen LogP contribution in [0.5, 0.6) is 11.5 Å². The lowest BCUT2D eigenvalue weighted by Gasteiger charge is -2.54. The van der Waals surface area contributed by atoms with Crippen molar-refractivity contribution >= 4 is 17.8 Å². The summed E-state index contributed by atoms with van der Waals surface area (Å²) in [5, 5.41) is 34.2. The lowest BCUT2D eigenvalue weighted by molar-refractivity contribution is -0.235. The van der Waals surface area contributed by atoms with Crippen LogP contribution in [-0.4, -0.2) is 79.9 Å². The molecule has 0 aromatic heterocycles. The van der Waals surface area contributed by atoms with Crippen molar-refractivity contribution in [3.05, 3.63) is 59.7 Å². The number of benzene rings is 2. The fraction of sp³-hybridized carbons (Fsp3) is 0.545. The van der Waals surface area contributed by atoms with Gasteiger partial charge < -0.3 is 30.3 Å². The molecule has 43 heavy (non-hydrogen) atoms. The molecule has 232 valence electrons. The van der Waals surface area contributed by atoms with Crippen molar-refractivity contribution in [1.29, 1.82) is 0 Å². The number of piperidine rings is 1. The fourth-order valence-electron chi connectivity index (χ4n) is 6.81. The Hall–Kier alpha value is -3.47. The molecule has 3 aliphatic rings. The van der Waals surface area contributed by atoms with Gasteiger partial charge in [0.1, 0.15) is 17.0 Å². The molecule has 2 aromatic rings. The maximum absolute atomic E-state index is 13.9. The quantitative estimate of drug-likeness (QED) is 0.304. The predicted octanol–water partition coefficient (Wildman–Crippen LogP) is 3.90. The molecule has 2 amide bonds. The Morgan fingerprint density at radius 1 is 0.977 bits per heavy atom. The Labute approximate surface area is 252 Å². The third-order valence-corrected chi connectivity index (χ3v) is 9.44. The summed E-state index contributed by atoms with van der Waals surface area (Å²) in [6.07, 6.45) is 6.63. The number of carboxylic acids is 1. The van der Waals surface area contributed by atoms with E-state index < -0.39 is 29.3 Å². The number of aliphatic hydroxyl groups is 2. The number of hydrogen-bond donors (Lipinski definition) is 4. The van der Waals surface area contributed by atoms with Crippen LogP contribution in [0.15, 0.2) is 48.5 Å². The van der Waals surface area contributed by atoms with Crippen LogP contribution in [0.4, 0.5) is 0 Å². The number of piperazine rings is 1. The number of aromatic carboxylic acids is 1. The molecule has 2 heterocycles. The number of carboxylic acid groups (broad SMARTS) is 1. The van der Waals surface area contributed by atoms with Crippen molar-refractivity contribution < 1.29 is 34.4 Å². The van der Waals surface area contributed by atoms with Gasteiger partial charge in [0.15, 0.2) is 11.8 Å². The number of nitrogens with zero attached hydrogens (tertiary/aromatic N) is 2. The molecule has 1 aliphatic carbocycles. The second-order valence-corrected chi connectivity index (χ2v) is 12.3. The molecule has 1 saturated carbocycles. The highest BCUT2D eigenvalue weighted by atomic mass is 16.5. The Balaban J connectivity index is 1.22. The van der Waals surface area contributed by atoms with Crippen LogP contribution >= 0.6 is 0 Å². The third-order valence-electron chi connectivity index (χ3n) is 9.44. The van der Waals surface area contributed by atoms with Crippen LogP contribution < -0.4 is 10.1 Å². The van der Waals surface area contributed by atoms with Gasteiger partial charge in [0.25, 0.3) is 5.91 Å². The average Bonchev–Trinajstić information content (AvgIpc) is 3.01. The summed E-state index contributed by atoms with van der Waals surface area (Å²) in [6, 6.07) is 12.6. The summed E-state index contributed by atoms with van der Waals surface area (Å²) in [6.45, 7) is 4.37. The smallest absolute Gasteiger partial charge is 0.335 e. The molecule has 0 bridgehead atoms. The SMILES string of the molecule is CCCCN1C(=O)C(C(O)(O)C2CCCCC2)NC(=O)C12CCN(Cc1ccc(Oc3ccc(C(=O)O)cc3)cc1)CC2. The van der Waals surface area contributed by atoms with E-state index in [1.54, 1.807) is 17.0 Å². The summed E-state index contributed by atoms with van der Waals surface area (Å²) in [5.41, 5.74) is 0.286. The molecule has 2 aliphatic heterocycles. The zero-order chi connectivity index (χ0) is 30.6. The molecule has 4 N–H and O–H groups in total. The summed E-state index contributed by atoms with van der Waals surface area (Å²) in [4.78, 5) is 42.6. The molecule has 2 saturated heterocycles. The molecular formula is C33H43N3O7. The Morgan fingerprint density at radius 2 is 1.58 bits per heavy atom. The first-order valence-corrected chi connectivity index (χ1v) is 15.5. The van der Waals surface area contributed by atoms with Crippen LogP contribution in [-0.2, 0) is 16.1 Å². The van der Waals surface area contributed by atoms with Crippen LogP contribution in [0.2, 0.25) is 0 Å². The number of rotatable bonds is 10. The summed E-state index contributed by atoms with van der Waals surface area (Å²) < 4.78 is 5.85. The molecule has 10 heteroatoms. The highest BCUT2D eigenvalue weighted by Gasteiger charge is 2.59. The van der Waals surface area contributed by atoms with Gasteiger partial charge in [-0.15, -0.1) is 0 Å². The monoisotopic (exact) mass is 593 g/mol. The molecule has 2 aromatic carbocycles. The normalized spacial score (nSPS) is 21.6. The topological polar surface area (TPSA) is 140 Å². The Kier molecular flexibility index (Phi) is 9.39. The van der Waals surface area contributed by atoms with Gasteiger partial charge in [-0.25, -0.2) is 4.79 Å². The van der Waals surface area contributed by atoms with E-state index in [-0.39, 0.29) is 17.4 Å². The van der Waals surface area contributed by atoms with E-state index in [1.165, 1.54) is 12.1 Å². The number of ether oxygens (including phenoxy) is 1. The molecule has 10 nitrogen and oxygen atoms in total. The molecule has 1 atom stereocenters. The number of amides is 2. The summed E-state index contributed by atoms with van der Waals surface area (Å²) in [7, 11) is 0. The van der Waals surface area contributed by atoms with Gasteiger partial charge >= 0.3 is 5.97 Å². The van der Waals surface area contributed by atoms with Gasteiger partial charge in [0, 0.05) is 32.1 Å². The predicted molar refractivity (Wildman–Crippen MR) is 159 cm³/mol. The number of nitrogens with one attached hydrogen (secondary N) is 1. The van der Waals surface area contributed by atoms with E-state index in [0.29, 0.717) is 63.4 Å². The van der Waals surface area contributed by atoms with E-state index in [4.69, 9.17) is 9.84 Å². The van der Waals surface area contributed by atoms with Crippen LogP contribution in [0.3, 0.4) is 0 Å². The van der Waals surface area contributed by atoms with Crippen molar-refractivity contribution in [2.75, 3.05) is 19.6 Å². The lowest BCUT2D eigenvalue weighted by atomic mass is 9.76. The summed E-state index contributed by atoms with van der Waals surface area (Å²) >= 11 is 0. The van der Waals surface area contributed by atoms with Crippen LogP contribution in [0, 0.1) is 5.92 Å². The van der Waals surface area contributed by atoms with Crippen LogP contribution in [0.1, 0.15) is 80.6 Å². The number of unbranched alkanes of at least 4 members (excludes halogenated alkanes) is 1. The largest absolute Gasteiger partial charge is 0.478 e.